The number of carbonyl (C=O) groups is 3. The first kappa shape index (κ1) is 35.2. The number of nitrogens with zero attached hydrogens (tertiary/aromatic N) is 3. The third kappa shape index (κ3) is 5.81. The Morgan fingerprint density at radius 3 is 2.51 bits per heavy atom. The molecule has 0 aliphatic carbocycles. The van der Waals surface area contributed by atoms with Crippen molar-refractivity contribution in [2.75, 3.05) is 36.6 Å². The molecule has 0 bridgehead atoms. The highest BCUT2D eigenvalue weighted by atomic mass is 28.3. The lowest BCUT2D eigenvalue weighted by atomic mass is 9.82. The fourth-order valence-electron chi connectivity index (χ4n) is 9.39. The fraction of sp³-hybridized carbons (Fsp3) is 0.439. The van der Waals surface area contributed by atoms with Gasteiger partial charge in [-0.1, -0.05) is 67.7 Å². The van der Waals surface area contributed by atoms with Gasteiger partial charge in [-0.15, -0.1) is 6.58 Å². The van der Waals surface area contributed by atoms with E-state index < -0.39 is 19.8 Å². The van der Waals surface area contributed by atoms with Crippen LogP contribution in [-0.4, -0.2) is 74.8 Å². The van der Waals surface area contributed by atoms with Crippen molar-refractivity contribution in [3.8, 4) is 5.75 Å². The van der Waals surface area contributed by atoms with Crippen LogP contribution in [0.1, 0.15) is 49.3 Å². The van der Waals surface area contributed by atoms with Gasteiger partial charge in [-0.05, 0) is 66.3 Å². The molecule has 3 amide bonds. The second-order valence-electron chi connectivity index (χ2n) is 15.1. The van der Waals surface area contributed by atoms with Crippen molar-refractivity contribution in [2.45, 2.75) is 82.0 Å². The van der Waals surface area contributed by atoms with Crippen LogP contribution >= 0.6 is 0 Å². The summed E-state index contributed by atoms with van der Waals surface area (Å²) in [5.74, 6) is 0.292. The van der Waals surface area contributed by atoms with Gasteiger partial charge in [0, 0.05) is 43.2 Å². The van der Waals surface area contributed by atoms with E-state index in [-0.39, 0.29) is 48.3 Å². The van der Waals surface area contributed by atoms with E-state index in [1.54, 1.807) is 23.0 Å². The Morgan fingerprint density at radius 2 is 1.82 bits per heavy atom. The third-order valence-corrected chi connectivity index (χ3v) is 16.4. The lowest BCUT2D eigenvalue weighted by Crippen LogP contribution is -2.52. The number of ether oxygens (including phenoxy) is 2. The summed E-state index contributed by atoms with van der Waals surface area (Å²) in [5, 5.41) is 11.6. The van der Waals surface area contributed by atoms with Crippen LogP contribution in [0.3, 0.4) is 0 Å². The van der Waals surface area contributed by atoms with E-state index in [9.17, 15) is 19.5 Å². The molecule has 4 aliphatic heterocycles. The van der Waals surface area contributed by atoms with E-state index in [0.29, 0.717) is 32.5 Å². The highest BCUT2D eigenvalue weighted by molar-refractivity contribution is 6.91. The summed E-state index contributed by atoms with van der Waals surface area (Å²) in [5.41, 5.74) is 3.00. The molecule has 0 unspecified atom stereocenters. The van der Waals surface area contributed by atoms with Gasteiger partial charge in [0.2, 0.25) is 11.8 Å². The summed E-state index contributed by atoms with van der Waals surface area (Å²) in [4.78, 5) is 47.9. The summed E-state index contributed by atoms with van der Waals surface area (Å²) in [6, 6.07) is 21.8. The summed E-state index contributed by atoms with van der Waals surface area (Å²) in [7, 11) is -0.854. The molecule has 0 radical (unpaired) electrons. The number of methoxy groups -OCH3 is 1. The van der Waals surface area contributed by atoms with Crippen molar-refractivity contribution < 1.29 is 29.0 Å². The van der Waals surface area contributed by atoms with Gasteiger partial charge >= 0.3 is 0 Å². The van der Waals surface area contributed by atoms with Crippen molar-refractivity contribution in [1.82, 2.24) is 4.90 Å². The maximum atomic E-state index is 14.9. The molecule has 0 aromatic heterocycles. The summed E-state index contributed by atoms with van der Waals surface area (Å²) in [6.07, 6.45) is 4.11. The number of aliphatic hydroxyl groups excluding tert-OH is 1. The van der Waals surface area contributed by atoms with Crippen molar-refractivity contribution in [3.63, 3.8) is 0 Å². The van der Waals surface area contributed by atoms with Gasteiger partial charge in [-0.3, -0.25) is 14.4 Å². The predicted molar refractivity (Wildman–Crippen MR) is 201 cm³/mol. The van der Waals surface area contributed by atoms with Gasteiger partial charge in [0.1, 0.15) is 5.75 Å². The number of aliphatic hydroxyl groups is 1. The zero-order chi connectivity index (χ0) is 36.1. The number of piperidine rings is 1. The second kappa shape index (κ2) is 13.7. The maximum Gasteiger partial charge on any atom is 0.264 e. The number of carbonyl (C=O) groups excluding carboxylic acids is 3. The number of anilines is 2. The van der Waals surface area contributed by atoms with Crippen LogP contribution in [0.5, 0.6) is 5.75 Å². The predicted octanol–water partition coefficient (Wildman–Crippen LogP) is 5.30. The first-order valence-corrected chi connectivity index (χ1v) is 21.3. The number of hydrogen-bond acceptors (Lipinski definition) is 6. The van der Waals surface area contributed by atoms with Crippen LogP contribution in [0.4, 0.5) is 11.4 Å². The first-order valence-electron chi connectivity index (χ1n) is 18.2. The van der Waals surface area contributed by atoms with E-state index in [1.807, 2.05) is 53.4 Å². The normalized spacial score (nSPS) is 26.0. The number of rotatable bonds is 9. The van der Waals surface area contributed by atoms with Gasteiger partial charge in [0.25, 0.3) is 5.91 Å². The maximum absolute atomic E-state index is 14.9. The van der Waals surface area contributed by atoms with Gasteiger partial charge in [0.15, 0.2) is 5.60 Å². The van der Waals surface area contributed by atoms with E-state index in [1.165, 1.54) is 5.19 Å². The molecule has 9 nitrogen and oxygen atoms in total. The monoisotopic (exact) mass is 707 g/mol. The molecule has 10 heteroatoms. The molecule has 5 atom stereocenters. The van der Waals surface area contributed by atoms with Crippen molar-refractivity contribution in [3.05, 3.63) is 96.1 Å². The molecule has 2 fully saturated rings. The average molecular weight is 708 g/mol. The standard InChI is InChI=1S/C41H49N3O6Si/c1-6-20-43-35-19-14-30(42-21-10-9-13-37(42)46)23-34(35)41(40(43)48)27(2)39(51(4,5)33-17-15-32(49-3)16-18-33)36(50-41)24-38(47)44-25-29-12-8-7-11-28(29)22-31(44)26-45/h6-8,11-12,14-19,23,27,31,36,39,45H,1,9-10,13,20-22,24-26H2,2-5H3/t27-,31-,36+,39-,41+/m0/s1. The van der Waals surface area contributed by atoms with E-state index in [2.05, 4.69) is 44.8 Å². The minimum atomic E-state index is -2.51. The number of hydrogen-bond donors (Lipinski definition) is 1. The van der Waals surface area contributed by atoms with Gasteiger partial charge in [-0.25, -0.2) is 0 Å². The lowest BCUT2D eigenvalue weighted by Gasteiger charge is -2.39. The second-order valence-corrected chi connectivity index (χ2v) is 19.8. The molecular formula is C41H49N3O6Si. The van der Waals surface area contributed by atoms with Crippen LogP contribution < -0.4 is 19.7 Å². The van der Waals surface area contributed by atoms with Crippen molar-refractivity contribution >= 4 is 42.4 Å². The Morgan fingerprint density at radius 1 is 1.08 bits per heavy atom. The zero-order valence-electron chi connectivity index (χ0n) is 30.1. The average Bonchev–Trinajstić information content (AvgIpc) is 3.57. The Labute approximate surface area is 301 Å². The number of benzene rings is 3. The molecule has 2 saturated heterocycles. The van der Waals surface area contributed by atoms with Gasteiger partial charge in [-0.2, -0.15) is 0 Å². The van der Waals surface area contributed by atoms with Crippen LogP contribution in [0.25, 0.3) is 0 Å². The molecule has 7 rings (SSSR count). The van der Waals surface area contributed by atoms with Crippen LogP contribution in [0, 0.1) is 5.92 Å². The fourth-order valence-corrected chi connectivity index (χ4v) is 13.4. The third-order valence-electron chi connectivity index (χ3n) is 12.0. The van der Waals surface area contributed by atoms with E-state index in [4.69, 9.17) is 9.47 Å². The number of fused-ring (bicyclic) bond motifs is 3. The molecule has 4 heterocycles. The van der Waals surface area contributed by atoms with Gasteiger partial charge < -0.3 is 29.3 Å². The molecule has 3 aromatic rings. The molecule has 1 N–H and O–H groups in total. The Hall–Kier alpha value is -4.25. The highest BCUT2D eigenvalue weighted by Gasteiger charge is 2.66. The smallest absolute Gasteiger partial charge is 0.264 e. The molecule has 0 saturated carbocycles. The number of amides is 3. The first-order chi connectivity index (χ1) is 24.5. The molecule has 1 spiro atoms. The summed E-state index contributed by atoms with van der Waals surface area (Å²) in [6.45, 7) is 11.9. The summed E-state index contributed by atoms with van der Waals surface area (Å²) >= 11 is 0. The molecule has 268 valence electrons. The van der Waals surface area contributed by atoms with Crippen LogP contribution in [0.15, 0.2) is 79.4 Å². The quantitative estimate of drug-likeness (QED) is 0.240. The topological polar surface area (TPSA) is 99.6 Å². The zero-order valence-corrected chi connectivity index (χ0v) is 31.1. The van der Waals surface area contributed by atoms with Crippen LogP contribution in [0.2, 0.25) is 18.6 Å². The Kier molecular flexibility index (Phi) is 9.45. The molecule has 3 aromatic carbocycles. The van der Waals surface area contributed by atoms with E-state index >= 15 is 0 Å². The Balaban J connectivity index is 1.32. The van der Waals surface area contributed by atoms with Crippen molar-refractivity contribution in [2.24, 2.45) is 5.92 Å². The highest BCUT2D eigenvalue weighted by Crippen LogP contribution is 2.60. The summed E-state index contributed by atoms with van der Waals surface area (Å²) < 4.78 is 12.7. The molecule has 51 heavy (non-hydrogen) atoms. The minimum absolute atomic E-state index is 0.0797. The largest absolute Gasteiger partial charge is 0.497 e. The van der Waals surface area contributed by atoms with Crippen LogP contribution in [-0.2, 0) is 37.7 Å². The molecule has 4 aliphatic rings. The van der Waals surface area contributed by atoms with Gasteiger partial charge in [0.05, 0.1) is 46.0 Å². The Bertz CT molecular complexity index is 1840. The van der Waals surface area contributed by atoms with Crippen molar-refractivity contribution in [1.29, 1.82) is 0 Å². The molecular weight excluding hydrogens is 659 g/mol. The lowest BCUT2D eigenvalue weighted by molar-refractivity contribution is -0.150. The van der Waals surface area contributed by atoms with E-state index in [0.717, 1.165) is 46.7 Å². The SMILES string of the molecule is C=CCN1C(=O)[C@]2(O[C@H](CC(=O)N3Cc4ccccc4C[C@H]3CO)[C@@H]([Si](C)(C)c3ccc(OC)cc3)[C@@H]2C)c2cc(N3CCCCC3=O)ccc21. The minimum Gasteiger partial charge on any atom is -0.497 e.